The molecule has 1 atom stereocenters. The Morgan fingerprint density at radius 1 is 1.11 bits per heavy atom. The van der Waals surface area contributed by atoms with Gasteiger partial charge in [-0.05, 0) is 26.1 Å². The number of benzene rings is 1. The smallest absolute Gasteiger partial charge is 0.387 e. The molecule has 0 radical (unpaired) electrons. The number of piperazine rings is 1. The number of para-hydroxylation sites is 1. The number of pyridine rings is 1. The average molecular weight is 543 g/mol. The number of nitrogens with two attached hydrogens (primary N) is 1. The number of hydrogen-bond donors (Lipinski definition) is 1. The van der Waals surface area contributed by atoms with Gasteiger partial charge in [-0.25, -0.2) is 4.98 Å². The van der Waals surface area contributed by atoms with Crippen molar-refractivity contribution in [1.29, 1.82) is 0 Å². The number of likely N-dealkylation sites (N-methyl/N-ethyl adjacent to an activating group) is 1. The summed E-state index contributed by atoms with van der Waals surface area (Å²) < 4.78 is 38.3. The zero-order valence-electron chi connectivity index (χ0n) is 21.0. The van der Waals surface area contributed by atoms with Gasteiger partial charge in [-0.3, -0.25) is 19.2 Å². The lowest BCUT2D eigenvalue weighted by Gasteiger charge is -2.32. The van der Waals surface area contributed by atoms with Crippen molar-refractivity contribution in [3.8, 4) is 16.5 Å². The third-order valence-corrected chi connectivity index (χ3v) is 7.62. The lowest BCUT2D eigenvalue weighted by atomic mass is 10.1. The van der Waals surface area contributed by atoms with Crippen molar-refractivity contribution in [2.45, 2.75) is 26.2 Å². The summed E-state index contributed by atoms with van der Waals surface area (Å²) in [7, 11) is 2.12. The van der Waals surface area contributed by atoms with Crippen molar-refractivity contribution in [3.05, 3.63) is 65.1 Å². The predicted molar refractivity (Wildman–Crippen MR) is 140 cm³/mol. The first-order chi connectivity index (χ1) is 18.3. The van der Waals surface area contributed by atoms with Crippen LogP contribution in [0.2, 0.25) is 0 Å². The van der Waals surface area contributed by atoms with Crippen LogP contribution in [-0.4, -0.2) is 70.1 Å². The highest BCUT2D eigenvalue weighted by Crippen LogP contribution is 2.37. The third kappa shape index (κ3) is 5.62. The number of fused-ring (bicyclic) bond motifs is 1. The van der Waals surface area contributed by atoms with Gasteiger partial charge < -0.3 is 20.1 Å². The molecule has 0 bridgehead atoms. The fourth-order valence-corrected chi connectivity index (χ4v) is 5.39. The molecule has 4 heterocycles. The third-order valence-electron chi connectivity index (χ3n) is 6.49. The molecule has 0 spiro atoms. The zero-order chi connectivity index (χ0) is 26.8. The number of aromatic nitrogens is 3. The van der Waals surface area contributed by atoms with E-state index in [-0.39, 0.29) is 16.4 Å². The fraction of sp³-hybridized carbons (Fsp3) is 0.346. The van der Waals surface area contributed by atoms with Crippen molar-refractivity contribution in [3.63, 3.8) is 0 Å². The van der Waals surface area contributed by atoms with Crippen LogP contribution in [0.25, 0.3) is 16.0 Å². The first-order valence-electron chi connectivity index (χ1n) is 12.2. The van der Waals surface area contributed by atoms with E-state index in [1.165, 1.54) is 17.4 Å². The minimum absolute atomic E-state index is 0.00654. The van der Waals surface area contributed by atoms with Crippen LogP contribution >= 0.6 is 11.3 Å². The van der Waals surface area contributed by atoms with Gasteiger partial charge in [0.05, 0.1) is 17.4 Å². The van der Waals surface area contributed by atoms with Crippen LogP contribution in [0, 0.1) is 0 Å². The van der Waals surface area contributed by atoms with E-state index in [9.17, 15) is 13.6 Å². The molecule has 1 aliphatic heterocycles. The van der Waals surface area contributed by atoms with Crippen LogP contribution in [0.5, 0.6) is 11.5 Å². The van der Waals surface area contributed by atoms with Gasteiger partial charge in [0.2, 0.25) is 0 Å². The molecule has 38 heavy (non-hydrogen) atoms. The molecule has 3 aromatic heterocycles. The summed E-state index contributed by atoms with van der Waals surface area (Å²) in [5.41, 5.74) is 8.57. The lowest BCUT2D eigenvalue weighted by Crippen LogP contribution is -2.44. The van der Waals surface area contributed by atoms with E-state index in [2.05, 4.69) is 31.6 Å². The Hall–Kier alpha value is -3.61. The molecule has 1 amide bonds. The number of carbonyl (C=O) groups excluding carboxylic acids is 1. The van der Waals surface area contributed by atoms with Crippen molar-refractivity contribution >= 4 is 28.3 Å². The van der Waals surface area contributed by atoms with Crippen molar-refractivity contribution in [2.24, 2.45) is 5.73 Å². The number of ether oxygens (including phenoxy) is 2. The maximum absolute atomic E-state index is 12.9. The van der Waals surface area contributed by atoms with Gasteiger partial charge in [-0.1, -0.05) is 18.2 Å². The highest BCUT2D eigenvalue weighted by Gasteiger charge is 2.23. The molecular formula is C26H28F2N6O3S. The van der Waals surface area contributed by atoms with Crippen LogP contribution < -0.4 is 15.2 Å². The second-order valence-corrected chi connectivity index (χ2v) is 10.2. The van der Waals surface area contributed by atoms with E-state index in [4.69, 9.17) is 10.5 Å². The van der Waals surface area contributed by atoms with E-state index in [1.807, 2.05) is 10.6 Å². The van der Waals surface area contributed by atoms with E-state index in [0.717, 1.165) is 49.5 Å². The molecule has 12 heteroatoms. The van der Waals surface area contributed by atoms with Crippen molar-refractivity contribution in [2.75, 3.05) is 33.2 Å². The van der Waals surface area contributed by atoms with Crippen molar-refractivity contribution < 1.29 is 23.0 Å². The summed E-state index contributed by atoms with van der Waals surface area (Å²) in [5, 5.41) is 0.678. The zero-order valence-corrected chi connectivity index (χ0v) is 21.8. The van der Waals surface area contributed by atoms with E-state index in [1.54, 1.807) is 43.7 Å². The van der Waals surface area contributed by atoms with Gasteiger partial charge in [0.15, 0.2) is 0 Å². The Bertz CT molecular complexity index is 1430. The number of primary amides is 1. The Morgan fingerprint density at radius 3 is 2.61 bits per heavy atom. The molecule has 4 aromatic rings. The molecule has 0 saturated carbocycles. The summed E-state index contributed by atoms with van der Waals surface area (Å²) in [5.74, 6) is -0.389. The van der Waals surface area contributed by atoms with Crippen LogP contribution in [0.4, 0.5) is 8.78 Å². The quantitative estimate of drug-likeness (QED) is 0.340. The number of carbonyl (C=O) groups is 1. The molecule has 5 rings (SSSR count). The van der Waals surface area contributed by atoms with Crippen LogP contribution in [0.15, 0.2) is 48.9 Å². The number of hydrogen-bond acceptors (Lipinski definition) is 8. The second-order valence-electron chi connectivity index (χ2n) is 9.18. The summed E-state index contributed by atoms with van der Waals surface area (Å²) >= 11 is 1.17. The average Bonchev–Trinajstić information content (AvgIpc) is 3.49. The molecule has 0 aliphatic carbocycles. The number of halogens is 2. The van der Waals surface area contributed by atoms with Gasteiger partial charge in [0.25, 0.3) is 5.91 Å². The number of amides is 1. The molecule has 1 aliphatic rings. The minimum Gasteiger partial charge on any atom is -0.484 e. The summed E-state index contributed by atoms with van der Waals surface area (Å²) in [4.78, 5) is 26.2. The minimum atomic E-state index is -2.97. The normalized spacial score (nSPS) is 15.7. The topological polar surface area (TPSA) is 98.7 Å². The number of imidazole rings is 1. The van der Waals surface area contributed by atoms with Gasteiger partial charge in [-0.2, -0.15) is 8.78 Å². The van der Waals surface area contributed by atoms with Crippen LogP contribution in [0.1, 0.15) is 34.0 Å². The number of alkyl halides is 2. The van der Waals surface area contributed by atoms with Crippen LogP contribution in [0.3, 0.4) is 0 Å². The molecule has 1 aromatic carbocycles. The Kier molecular flexibility index (Phi) is 7.54. The van der Waals surface area contributed by atoms with Gasteiger partial charge in [-0.15, -0.1) is 11.3 Å². The highest BCUT2D eigenvalue weighted by atomic mass is 32.1. The first kappa shape index (κ1) is 26.0. The lowest BCUT2D eigenvalue weighted by molar-refractivity contribution is -0.0512. The Balaban J connectivity index is 1.42. The second kappa shape index (κ2) is 11.0. The monoisotopic (exact) mass is 542 g/mol. The largest absolute Gasteiger partial charge is 0.484 e. The number of rotatable bonds is 9. The Morgan fingerprint density at radius 2 is 1.87 bits per heavy atom. The van der Waals surface area contributed by atoms with Gasteiger partial charge in [0, 0.05) is 44.4 Å². The summed E-state index contributed by atoms with van der Waals surface area (Å²) in [6.45, 7) is 3.45. The standard InChI is InChI=1S/C26H28F2N6O3S/c1-16(18-5-3-4-6-21(18)37-26(27)28)36-22-12-23(38-24(22)25(29)35)34-15-31-19-13-30-17(11-20(19)34)14-33-9-7-32(2)8-10-33/h3-6,11-13,15-16,26H,7-10,14H2,1-2H3,(H2,29,35). The fourth-order valence-electron chi connectivity index (χ4n) is 4.46. The summed E-state index contributed by atoms with van der Waals surface area (Å²) in [6.07, 6.45) is 2.73. The molecule has 1 fully saturated rings. The molecular weight excluding hydrogens is 514 g/mol. The van der Waals surface area contributed by atoms with Crippen LogP contribution in [-0.2, 0) is 6.54 Å². The number of nitrogens with zero attached hydrogens (tertiary/aromatic N) is 5. The SMILES string of the molecule is CC(Oc1cc(-n2cnc3cnc(CN4CCN(C)CC4)cc32)sc1C(N)=O)c1ccccc1OC(F)F. The highest BCUT2D eigenvalue weighted by molar-refractivity contribution is 7.16. The number of thiophene rings is 1. The maximum Gasteiger partial charge on any atom is 0.387 e. The van der Waals surface area contributed by atoms with E-state index >= 15 is 0 Å². The molecule has 1 unspecified atom stereocenters. The van der Waals surface area contributed by atoms with Crippen molar-refractivity contribution in [1.82, 2.24) is 24.3 Å². The van der Waals surface area contributed by atoms with Gasteiger partial charge in [0.1, 0.15) is 39.3 Å². The predicted octanol–water partition coefficient (Wildman–Crippen LogP) is 4.07. The molecule has 200 valence electrons. The van der Waals surface area contributed by atoms with E-state index in [0.29, 0.717) is 10.6 Å². The Labute approximate surface area is 222 Å². The molecule has 2 N–H and O–H groups in total. The molecule has 1 saturated heterocycles. The summed E-state index contributed by atoms with van der Waals surface area (Å²) in [6, 6.07) is 10.1. The first-order valence-corrected chi connectivity index (χ1v) is 13.0. The van der Waals surface area contributed by atoms with E-state index < -0.39 is 18.6 Å². The molecule has 9 nitrogen and oxygen atoms in total. The van der Waals surface area contributed by atoms with Gasteiger partial charge >= 0.3 is 6.61 Å². The maximum atomic E-state index is 12.9.